The predicted octanol–water partition coefficient (Wildman–Crippen LogP) is 5.52. The second-order valence-corrected chi connectivity index (χ2v) is 11.8. The van der Waals surface area contributed by atoms with E-state index in [2.05, 4.69) is 35.7 Å². The van der Waals surface area contributed by atoms with Crippen molar-refractivity contribution in [1.29, 1.82) is 0 Å². The molecule has 2 fully saturated rings. The highest BCUT2D eigenvalue weighted by Crippen LogP contribution is 2.43. The van der Waals surface area contributed by atoms with Crippen LogP contribution in [0, 0.1) is 11.8 Å². The molecule has 2 saturated carbocycles. The normalized spacial score (nSPS) is 19.3. The molecule has 2 aliphatic rings. The van der Waals surface area contributed by atoms with Gasteiger partial charge in [0.1, 0.15) is 0 Å². The van der Waals surface area contributed by atoms with Gasteiger partial charge >= 0.3 is 6.18 Å². The monoisotopic (exact) mass is 615 g/mol. The minimum atomic E-state index is -4.45. The van der Waals surface area contributed by atoms with Crippen LogP contribution in [-0.4, -0.2) is 48.8 Å². The summed E-state index contributed by atoms with van der Waals surface area (Å²) in [6.45, 7) is 2.37. The third-order valence-electron chi connectivity index (χ3n) is 7.87. The van der Waals surface area contributed by atoms with Gasteiger partial charge in [-0.1, -0.05) is 5.16 Å². The summed E-state index contributed by atoms with van der Waals surface area (Å²) in [5.41, 5.74) is -1.56. The average Bonchev–Trinajstić information content (AvgIpc) is 3.45. The Bertz CT molecular complexity index is 1470. The number of rotatable bonds is 10. The fraction of sp³-hybridized carbons (Fsp3) is 0.630. The predicted molar refractivity (Wildman–Crippen MR) is 137 cm³/mol. The zero-order valence-corrected chi connectivity index (χ0v) is 23.4. The Morgan fingerprint density at radius 3 is 2.35 bits per heavy atom. The van der Waals surface area contributed by atoms with Gasteiger partial charge in [-0.15, -0.1) is 0 Å². The van der Waals surface area contributed by atoms with Crippen LogP contribution in [0.25, 0.3) is 5.65 Å². The quantitative estimate of drug-likeness (QED) is 0.288. The molecular formula is C27H31F6N7O3. The molecule has 2 amide bonds. The first kappa shape index (κ1) is 30.7. The van der Waals surface area contributed by atoms with Crippen molar-refractivity contribution in [3.8, 4) is 0 Å². The van der Waals surface area contributed by atoms with Crippen molar-refractivity contribution in [2.75, 3.05) is 0 Å². The Hall–Kier alpha value is -3.72. The van der Waals surface area contributed by atoms with Crippen molar-refractivity contribution in [3.05, 3.63) is 41.1 Å². The average molecular weight is 616 g/mol. The first-order valence-electron chi connectivity index (χ1n) is 14.0. The molecule has 234 valence electrons. The largest absolute Gasteiger partial charge is 0.389 e. The number of aromatic nitrogens is 5. The molecule has 2 aliphatic carbocycles. The Morgan fingerprint density at radius 2 is 1.72 bits per heavy atom. The summed E-state index contributed by atoms with van der Waals surface area (Å²) in [5, 5.41) is 16.9. The van der Waals surface area contributed by atoms with E-state index in [1.165, 1.54) is 30.8 Å². The van der Waals surface area contributed by atoms with Gasteiger partial charge in [-0.05, 0) is 68.2 Å². The Labute approximate surface area is 241 Å². The van der Waals surface area contributed by atoms with E-state index < -0.39 is 60.4 Å². The second kappa shape index (κ2) is 11.4. The fourth-order valence-corrected chi connectivity index (χ4v) is 5.40. The van der Waals surface area contributed by atoms with Gasteiger partial charge in [0, 0.05) is 19.3 Å². The lowest BCUT2D eigenvalue weighted by Gasteiger charge is -2.33. The van der Waals surface area contributed by atoms with E-state index in [9.17, 15) is 35.9 Å². The van der Waals surface area contributed by atoms with Crippen molar-refractivity contribution in [1.82, 2.24) is 35.5 Å². The molecule has 3 aromatic heterocycles. The lowest BCUT2D eigenvalue weighted by Crippen LogP contribution is -2.38. The summed E-state index contributed by atoms with van der Waals surface area (Å²) in [6, 6.07) is 0.210. The van der Waals surface area contributed by atoms with Gasteiger partial charge in [0.15, 0.2) is 22.7 Å². The molecule has 3 heterocycles. The van der Waals surface area contributed by atoms with Crippen LogP contribution in [0.3, 0.4) is 0 Å². The van der Waals surface area contributed by atoms with E-state index in [0.717, 1.165) is 12.8 Å². The molecule has 2 N–H and O–H groups in total. The molecular weight excluding hydrogens is 584 g/mol. The highest BCUT2D eigenvalue weighted by molar-refractivity contribution is 5.93. The van der Waals surface area contributed by atoms with Gasteiger partial charge in [-0.2, -0.15) is 18.3 Å². The topological polar surface area (TPSA) is 127 Å². The van der Waals surface area contributed by atoms with Crippen LogP contribution in [-0.2, 0) is 10.5 Å². The van der Waals surface area contributed by atoms with Crippen LogP contribution in [0.4, 0.5) is 26.3 Å². The fourth-order valence-electron chi connectivity index (χ4n) is 5.40. The van der Waals surface area contributed by atoms with Crippen LogP contribution < -0.4 is 10.6 Å². The lowest BCUT2D eigenvalue weighted by molar-refractivity contribution is -0.144. The van der Waals surface area contributed by atoms with Crippen LogP contribution in [0.1, 0.15) is 105 Å². The SMILES string of the molecule is CC(C)(F)c1nonc1C(=O)NC(c1cn2ncc([C@H](NC(=O)CCC(F)(F)F)C3CC3)cc2n1)C1CCC(F)(F)CC1. The van der Waals surface area contributed by atoms with Crippen LogP contribution in [0.15, 0.2) is 23.1 Å². The van der Waals surface area contributed by atoms with E-state index >= 15 is 0 Å². The molecule has 0 radical (unpaired) electrons. The van der Waals surface area contributed by atoms with Gasteiger partial charge in [0.2, 0.25) is 11.8 Å². The zero-order valence-electron chi connectivity index (χ0n) is 23.4. The number of amides is 2. The maximum Gasteiger partial charge on any atom is 0.389 e. The van der Waals surface area contributed by atoms with E-state index in [0.29, 0.717) is 16.9 Å². The molecule has 1 unspecified atom stereocenters. The third-order valence-corrected chi connectivity index (χ3v) is 7.87. The maximum atomic E-state index is 14.6. The summed E-state index contributed by atoms with van der Waals surface area (Å²) in [7, 11) is 0. The summed E-state index contributed by atoms with van der Waals surface area (Å²) in [6.07, 6.45) is -2.40. The van der Waals surface area contributed by atoms with E-state index in [1.807, 2.05) is 0 Å². The maximum absolute atomic E-state index is 14.6. The van der Waals surface area contributed by atoms with Gasteiger partial charge < -0.3 is 10.6 Å². The first-order valence-corrected chi connectivity index (χ1v) is 14.0. The summed E-state index contributed by atoms with van der Waals surface area (Å²) in [4.78, 5) is 30.1. The van der Waals surface area contributed by atoms with Crippen molar-refractivity contribution >= 4 is 17.5 Å². The number of hydrogen-bond donors (Lipinski definition) is 2. The molecule has 16 heteroatoms. The number of nitrogens with one attached hydrogen (secondary N) is 2. The zero-order chi connectivity index (χ0) is 31.2. The third kappa shape index (κ3) is 7.44. The van der Waals surface area contributed by atoms with Crippen molar-refractivity contribution in [3.63, 3.8) is 0 Å². The Balaban J connectivity index is 1.41. The number of halogens is 6. The molecule has 10 nitrogen and oxygen atoms in total. The van der Waals surface area contributed by atoms with E-state index in [1.54, 1.807) is 6.07 Å². The van der Waals surface area contributed by atoms with E-state index in [4.69, 9.17) is 0 Å². The second-order valence-electron chi connectivity index (χ2n) is 11.8. The van der Waals surface area contributed by atoms with Crippen molar-refractivity contribution in [2.45, 2.75) is 95.1 Å². The number of carbonyl (C=O) groups excluding carboxylic acids is 2. The van der Waals surface area contributed by atoms with Gasteiger partial charge in [0.25, 0.3) is 5.91 Å². The summed E-state index contributed by atoms with van der Waals surface area (Å²) >= 11 is 0. The summed E-state index contributed by atoms with van der Waals surface area (Å²) < 4.78 is 86.4. The Kier molecular flexibility index (Phi) is 8.15. The van der Waals surface area contributed by atoms with Crippen LogP contribution in [0.5, 0.6) is 0 Å². The minimum Gasteiger partial charge on any atom is -0.349 e. The molecule has 3 aromatic rings. The van der Waals surface area contributed by atoms with Gasteiger partial charge in [0.05, 0.1) is 36.6 Å². The number of carbonyl (C=O) groups is 2. The molecule has 43 heavy (non-hydrogen) atoms. The molecule has 0 saturated heterocycles. The number of nitrogens with zero attached hydrogens (tertiary/aromatic N) is 5. The summed E-state index contributed by atoms with van der Waals surface area (Å²) in [5.74, 6) is -4.78. The highest BCUT2D eigenvalue weighted by atomic mass is 19.4. The standard InChI is InChI=1S/C27H31F6N7O3/c1-25(2,28)23-22(38-43-39-23)24(42)37-21(15-5-8-26(29,30)9-6-15)17-13-40-18(35-17)11-16(12-34-40)20(14-3-4-14)36-19(41)7-10-27(31,32)33/h11-15,20-21H,3-10H2,1-2H3,(H,36,41)(H,37,42)/t20-,21?/m1/s1. The number of alkyl halides is 6. The number of fused-ring (bicyclic) bond motifs is 1. The molecule has 0 aromatic carbocycles. The lowest BCUT2D eigenvalue weighted by atomic mass is 9.81. The first-order chi connectivity index (χ1) is 20.1. The number of imidazole rings is 1. The highest BCUT2D eigenvalue weighted by Gasteiger charge is 2.41. The minimum absolute atomic E-state index is 0.0366. The van der Waals surface area contributed by atoms with Gasteiger partial charge in [-0.25, -0.2) is 27.3 Å². The molecule has 0 spiro atoms. The van der Waals surface area contributed by atoms with Gasteiger partial charge in [-0.3, -0.25) is 9.59 Å². The van der Waals surface area contributed by atoms with Crippen molar-refractivity contribution < 1.29 is 40.6 Å². The molecule has 0 bridgehead atoms. The van der Waals surface area contributed by atoms with Crippen LogP contribution >= 0.6 is 0 Å². The number of hydrogen-bond acceptors (Lipinski definition) is 7. The molecule has 5 rings (SSSR count). The molecule has 0 aliphatic heterocycles. The van der Waals surface area contributed by atoms with Crippen molar-refractivity contribution in [2.24, 2.45) is 11.8 Å². The Morgan fingerprint density at radius 1 is 1.05 bits per heavy atom. The molecule has 2 atom stereocenters. The smallest absolute Gasteiger partial charge is 0.349 e. The van der Waals surface area contributed by atoms with Crippen LogP contribution in [0.2, 0.25) is 0 Å². The van der Waals surface area contributed by atoms with E-state index in [-0.39, 0.29) is 43.0 Å².